The molecule has 4 N–H and O–H groups in total. The number of aromatic hydroxyl groups is 1. The maximum atomic E-state index is 12.0. The van der Waals surface area contributed by atoms with Crippen LogP contribution in [0.25, 0.3) is 0 Å². The topological polar surface area (TPSA) is 152 Å². The van der Waals surface area contributed by atoms with Gasteiger partial charge in [0.05, 0.1) is 13.3 Å². The number of methoxy groups -OCH3 is 1. The number of esters is 1. The number of allylic oxidation sites excluding steroid dienone is 1. The van der Waals surface area contributed by atoms with Crippen LogP contribution in [0, 0.1) is 6.92 Å². The first kappa shape index (κ1) is 24.9. The number of rotatable bonds is 11. The molecule has 11 heteroatoms. The zero-order valence-electron chi connectivity index (χ0n) is 17.9. The van der Waals surface area contributed by atoms with Crippen molar-refractivity contribution < 1.29 is 43.3 Å². The first-order valence-corrected chi connectivity index (χ1v) is 11.4. The lowest BCUT2D eigenvalue weighted by molar-refractivity contribution is -0.144. The van der Waals surface area contributed by atoms with Crippen LogP contribution in [0.4, 0.5) is 0 Å². The van der Waals surface area contributed by atoms with E-state index in [2.05, 4.69) is 9.84 Å². The summed E-state index contributed by atoms with van der Waals surface area (Å²) >= 11 is 0. The Kier molecular flexibility index (Phi) is 8.25. The number of hydrogen-bond donors (Lipinski definition) is 4. The Morgan fingerprint density at radius 2 is 2.10 bits per heavy atom. The smallest absolute Gasteiger partial charge is 0.342 e. The Morgan fingerprint density at radius 1 is 1.42 bits per heavy atom. The number of carbonyl (C=O) groups excluding carboxylic acids is 1. The van der Waals surface area contributed by atoms with E-state index in [1.807, 2.05) is 13.0 Å². The number of carboxylic acid groups (broad SMARTS) is 1. The van der Waals surface area contributed by atoms with Crippen molar-refractivity contribution in [3.8, 4) is 11.5 Å². The fraction of sp³-hybridized carbons (Fsp3) is 0.500. The van der Waals surface area contributed by atoms with Crippen LogP contribution in [0.2, 0.25) is 0 Å². The summed E-state index contributed by atoms with van der Waals surface area (Å²) < 4.78 is 27.0. The van der Waals surface area contributed by atoms with Gasteiger partial charge in [-0.2, -0.15) is 0 Å². The van der Waals surface area contributed by atoms with Crippen molar-refractivity contribution in [3.05, 3.63) is 33.9 Å². The number of ether oxygens (including phenoxy) is 2. The molecule has 0 aromatic heterocycles. The second-order valence-electron chi connectivity index (χ2n) is 7.29. The Labute approximate surface area is 180 Å². The van der Waals surface area contributed by atoms with Crippen LogP contribution in [0.5, 0.6) is 11.5 Å². The van der Waals surface area contributed by atoms with Gasteiger partial charge in [-0.15, -0.1) is 0 Å². The molecule has 10 nitrogen and oxygen atoms in total. The minimum atomic E-state index is -4.02. The summed E-state index contributed by atoms with van der Waals surface area (Å²) in [4.78, 5) is 32.4. The number of phenolic OH excluding ortho intramolecular Hbond substituents is 1. The van der Waals surface area contributed by atoms with Crippen LogP contribution in [0.1, 0.15) is 40.9 Å². The van der Waals surface area contributed by atoms with Crippen LogP contribution in [-0.4, -0.2) is 59.5 Å². The Morgan fingerprint density at radius 3 is 2.71 bits per heavy atom. The second kappa shape index (κ2) is 10.3. The molecule has 0 fully saturated rings. The van der Waals surface area contributed by atoms with Gasteiger partial charge in [-0.1, -0.05) is 11.6 Å². The van der Waals surface area contributed by atoms with Crippen molar-refractivity contribution in [2.24, 2.45) is 0 Å². The predicted molar refractivity (Wildman–Crippen MR) is 112 cm³/mol. The van der Waals surface area contributed by atoms with Crippen LogP contribution < -0.4 is 10.1 Å². The van der Waals surface area contributed by atoms with Crippen LogP contribution in [0.15, 0.2) is 11.6 Å². The maximum absolute atomic E-state index is 12.0. The average molecular weight is 457 g/mol. The van der Waals surface area contributed by atoms with Crippen LogP contribution in [-0.2, 0) is 31.6 Å². The molecule has 1 unspecified atom stereocenters. The molecular weight excluding hydrogens is 429 g/mol. The number of nitrogens with one attached hydrogen (secondary N) is 1. The molecule has 172 valence electrons. The summed E-state index contributed by atoms with van der Waals surface area (Å²) in [6, 6.07) is 0. The van der Waals surface area contributed by atoms with E-state index >= 15 is 0 Å². The molecule has 0 saturated carbocycles. The van der Waals surface area contributed by atoms with Gasteiger partial charge in [-0.25, -0.2) is 9.59 Å². The molecule has 1 aromatic rings. The van der Waals surface area contributed by atoms with Crippen molar-refractivity contribution >= 4 is 19.5 Å². The summed E-state index contributed by atoms with van der Waals surface area (Å²) in [7, 11) is -2.52. The van der Waals surface area contributed by atoms with E-state index in [4.69, 9.17) is 14.6 Å². The van der Waals surface area contributed by atoms with E-state index in [0.29, 0.717) is 29.8 Å². The van der Waals surface area contributed by atoms with Crippen molar-refractivity contribution in [3.63, 3.8) is 0 Å². The Bertz CT molecular complexity index is 941. The molecule has 1 aliphatic heterocycles. The zero-order valence-corrected chi connectivity index (χ0v) is 18.8. The quantitative estimate of drug-likeness (QED) is 0.168. The van der Waals surface area contributed by atoms with Crippen molar-refractivity contribution in [2.75, 3.05) is 26.4 Å². The summed E-state index contributed by atoms with van der Waals surface area (Å²) in [5, 5.41) is 22.3. The molecule has 2 atom stereocenters. The van der Waals surface area contributed by atoms with Gasteiger partial charge in [0.15, 0.2) is 6.10 Å². The molecule has 0 bridgehead atoms. The van der Waals surface area contributed by atoms with Gasteiger partial charge in [0.2, 0.25) is 0 Å². The molecule has 31 heavy (non-hydrogen) atoms. The second-order valence-corrected chi connectivity index (χ2v) is 9.23. The maximum Gasteiger partial charge on any atom is 0.342 e. The highest BCUT2D eigenvalue weighted by Crippen LogP contribution is 2.43. The van der Waals surface area contributed by atoms with E-state index in [0.717, 1.165) is 11.1 Å². The monoisotopic (exact) mass is 457 g/mol. The molecule has 1 aromatic carbocycles. The molecule has 0 radical (unpaired) electrons. The number of fused-ring (bicyclic) bond motifs is 1. The molecule has 0 spiro atoms. The average Bonchev–Trinajstić information content (AvgIpc) is 3.08. The summed E-state index contributed by atoms with van der Waals surface area (Å²) in [5.41, 5.74) is 2.90. The molecule has 1 aliphatic rings. The van der Waals surface area contributed by atoms with E-state index in [1.165, 1.54) is 14.0 Å². The molecule has 2 rings (SSSR count). The highest BCUT2D eigenvalue weighted by Gasteiger charge is 2.32. The third-order valence-electron chi connectivity index (χ3n) is 4.95. The first-order valence-electron chi connectivity index (χ1n) is 9.66. The van der Waals surface area contributed by atoms with E-state index in [-0.39, 0.29) is 30.6 Å². The van der Waals surface area contributed by atoms with E-state index in [1.54, 1.807) is 6.92 Å². The van der Waals surface area contributed by atoms with Gasteiger partial charge in [-0.05, 0) is 32.8 Å². The molecule has 0 saturated heterocycles. The number of cyclic esters (lactones) is 1. The summed E-state index contributed by atoms with van der Waals surface area (Å²) in [6.45, 7) is 5.48. The SMILES string of the molecule is COc1c(C)c2c(c(O)c1C/C=C(\C)CNCCP(=O)(O)O[C@@H](C)C(=O)O)C(=O)OC2. The lowest BCUT2D eigenvalue weighted by atomic mass is 9.95. The van der Waals surface area contributed by atoms with Gasteiger partial charge in [0.25, 0.3) is 0 Å². The normalized spacial score (nSPS) is 16.4. The van der Waals surface area contributed by atoms with Gasteiger partial charge in [0.1, 0.15) is 23.7 Å². The van der Waals surface area contributed by atoms with Crippen LogP contribution >= 0.6 is 7.60 Å². The third kappa shape index (κ3) is 6.07. The minimum absolute atomic E-state index is 0.104. The Hall–Kier alpha value is -2.39. The number of phenols is 1. The first-order chi connectivity index (χ1) is 14.5. The number of carboxylic acids is 1. The third-order valence-corrected chi connectivity index (χ3v) is 6.38. The van der Waals surface area contributed by atoms with Gasteiger partial charge < -0.3 is 29.9 Å². The largest absolute Gasteiger partial charge is 0.507 e. The van der Waals surface area contributed by atoms with Gasteiger partial charge in [-0.3, -0.25) is 9.09 Å². The van der Waals surface area contributed by atoms with Crippen molar-refractivity contribution in [1.29, 1.82) is 0 Å². The summed E-state index contributed by atoms with van der Waals surface area (Å²) in [5.74, 6) is -1.52. The highest BCUT2D eigenvalue weighted by atomic mass is 31.2. The van der Waals surface area contributed by atoms with E-state index in [9.17, 15) is 24.2 Å². The lowest BCUT2D eigenvalue weighted by Crippen LogP contribution is -2.23. The van der Waals surface area contributed by atoms with Gasteiger partial charge in [0, 0.05) is 24.2 Å². The predicted octanol–water partition coefficient (Wildman–Crippen LogP) is 2.13. The minimum Gasteiger partial charge on any atom is -0.507 e. The number of hydrogen-bond acceptors (Lipinski definition) is 8. The fourth-order valence-corrected chi connectivity index (χ4v) is 4.36. The zero-order chi connectivity index (χ0) is 23.3. The highest BCUT2D eigenvalue weighted by molar-refractivity contribution is 7.52. The fourth-order valence-electron chi connectivity index (χ4n) is 3.23. The number of aliphatic carboxylic acids is 1. The van der Waals surface area contributed by atoms with Crippen molar-refractivity contribution in [1.82, 2.24) is 5.32 Å². The van der Waals surface area contributed by atoms with Crippen LogP contribution in [0.3, 0.4) is 0 Å². The summed E-state index contributed by atoms with van der Waals surface area (Å²) in [6.07, 6.45) is 0.548. The van der Waals surface area contributed by atoms with Gasteiger partial charge >= 0.3 is 19.5 Å². The lowest BCUT2D eigenvalue weighted by Gasteiger charge is -2.16. The molecule has 1 heterocycles. The van der Waals surface area contributed by atoms with Crippen molar-refractivity contribution in [2.45, 2.75) is 39.9 Å². The standard InChI is InChI=1S/C20H28NO9P/c1-11(9-21-7-8-31(26,27)30-13(3)19(23)24)5-6-14-17(22)16-15(10-29-20(16)25)12(2)18(14)28-4/h5,13,21-22H,6-10H2,1-4H3,(H,23,24)(H,26,27)/b11-5+/t13-/m0/s1. The Balaban J connectivity index is 1.98. The number of benzene rings is 1. The number of carbonyl (C=O) groups is 2. The van der Waals surface area contributed by atoms with E-state index < -0.39 is 25.6 Å². The molecular formula is C20H28NO9P. The molecule has 0 aliphatic carbocycles. The molecule has 0 amide bonds.